The van der Waals surface area contributed by atoms with Crippen LogP contribution in [-0.2, 0) is 18.9 Å². The van der Waals surface area contributed by atoms with Gasteiger partial charge in [-0.3, -0.25) is 0 Å². The van der Waals surface area contributed by atoms with Gasteiger partial charge in [-0.1, -0.05) is 17.3 Å². The van der Waals surface area contributed by atoms with Crippen LogP contribution in [0.15, 0.2) is 48.7 Å². The van der Waals surface area contributed by atoms with Gasteiger partial charge in [-0.25, -0.2) is 4.68 Å². The van der Waals surface area contributed by atoms with E-state index < -0.39 is 23.5 Å². The fourth-order valence-electron chi connectivity index (χ4n) is 2.60. The van der Waals surface area contributed by atoms with E-state index in [2.05, 4.69) is 10.3 Å². The molecule has 0 saturated carbocycles. The van der Waals surface area contributed by atoms with E-state index in [1.807, 2.05) is 0 Å². The van der Waals surface area contributed by atoms with Gasteiger partial charge in [0, 0.05) is 5.56 Å². The minimum atomic E-state index is -4.93. The molecule has 0 fully saturated rings. The van der Waals surface area contributed by atoms with Gasteiger partial charge in [-0.15, -0.1) is 5.10 Å². The van der Waals surface area contributed by atoms with E-state index in [4.69, 9.17) is 4.74 Å². The lowest BCUT2D eigenvalue weighted by molar-refractivity contribution is -0.143. The van der Waals surface area contributed by atoms with Gasteiger partial charge in [0.2, 0.25) is 0 Å². The maximum atomic E-state index is 13.1. The van der Waals surface area contributed by atoms with Crippen molar-refractivity contribution >= 4 is 0 Å². The van der Waals surface area contributed by atoms with Crippen molar-refractivity contribution < 1.29 is 31.1 Å². The van der Waals surface area contributed by atoms with Crippen molar-refractivity contribution in [1.29, 1.82) is 0 Å². The number of halogens is 6. The van der Waals surface area contributed by atoms with Crippen LogP contribution in [0.2, 0.25) is 0 Å². The number of nitrogens with zero attached hydrogens (tertiary/aromatic N) is 3. The molecule has 10 heteroatoms. The lowest BCUT2D eigenvalue weighted by atomic mass is 10.0. The third-order valence-corrected chi connectivity index (χ3v) is 3.99. The number of benzene rings is 2. The van der Waals surface area contributed by atoms with Crippen molar-refractivity contribution in [3.8, 4) is 17.0 Å². The molecule has 0 spiro atoms. The Hall–Kier alpha value is -3.04. The lowest BCUT2D eigenvalue weighted by Gasteiger charge is -2.15. The summed E-state index contributed by atoms with van der Waals surface area (Å²) in [5.74, 6) is 0.607. The highest BCUT2D eigenvalue weighted by Crippen LogP contribution is 2.38. The molecule has 0 atom stereocenters. The SMILES string of the molecule is COc1ccc(Cn2nncc2-c2cc(C(F)(F)F)cc(C(F)(F)F)c2)cc1. The molecule has 0 aliphatic carbocycles. The Morgan fingerprint density at radius 2 is 1.46 bits per heavy atom. The molecular formula is C18H13F6N3O. The average molecular weight is 401 g/mol. The van der Waals surface area contributed by atoms with Crippen molar-refractivity contribution in [2.24, 2.45) is 0 Å². The molecule has 3 aromatic rings. The van der Waals surface area contributed by atoms with E-state index in [1.165, 1.54) is 11.8 Å². The molecule has 0 radical (unpaired) electrons. The Bertz CT molecular complexity index is 928. The summed E-state index contributed by atoms with van der Waals surface area (Å²) in [6.45, 7) is 0.108. The molecule has 0 N–H and O–H groups in total. The maximum absolute atomic E-state index is 13.1. The normalized spacial score (nSPS) is 12.2. The number of methoxy groups -OCH3 is 1. The van der Waals surface area contributed by atoms with Crippen molar-refractivity contribution in [2.45, 2.75) is 18.9 Å². The van der Waals surface area contributed by atoms with Crippen molar-refractivity contribution in [3.63, 3.8) is 0 Å². The Kier molecular flexibility index (Phi) is 5.05. The second kappa shape index (κ2) is 7.17. The van der Waals surface area contributed by atoms with Crippen LogP contribution in [0.3, 0.4) is 0 Å². The molecular weight excluding hydrogens is 388 g/mol. The van der Waals surface area contributed by atoms with Gasteiger partial charge in [0.25, 0.3) is 0 Å². The molecule has 0 aliphatic heterocycles. The second-order valence-corrected chi connectivity index (χ2v) is 5.92. The first kappa shape index (κ1) is 19.7. The van der Waals surface area contributed by atoms with Crippen molar-refractivity contribution in [3.05, 3.63) is 65.4 Å². The second-order valence-electron chi connectivity index (χ2n) is 5.92. The van der Waals surface area contributed by atoms with Gasteiger partial charge in [-0.05, 0) is 35.9 Å². The van der Waals surface area contributed by atoms with E-state index in [0.29, 0.717) is 17.9 Å². The number of alkyl halides is 6. The molecule has 1 heterocycles. The van der Waals surface area contributed by atoms with Crippen LogP contribution in [0.5, 0.6) is 5.75 Å². The summed E-state index contributed by atoms with van der Waals surface area (Å²) >= 11 is 0. The fraction of sp³-hybridized carbons (Fsp3) is 0.222. The molecule has 0 saturated heterocycles. The molecule has 4 nitrogen and oxygen atoms in total. The highest BCUT2D eigenvalue weighted by molar-refractivity contribution is 5.61. The molecule has 1 aromatic heterocycles. The minimum Gasteiger partial charge on any atom is -0.497 e. The molecule has 28 heavy (non-hydrogen) atoms. The highest BCUT2D eigenvalue weighted by atomic mass is 19.4. The van der Waals surface area contributed by atoms with Gasteiger partial charge in [0.1, 0.15) is 5.75 Å². The minimum absolute atomic E-state index is 0.0346. The van der Waals surface area contributed by atoms with Crippen LogP contribution >= 0.6 is 0 Å². The standard InChI is InChI=1S/C18H13F6N3O/c1-28-15-4-2-11(3-5-15)10-27-16(9-25-26-27)12-6-13(17(19,20)21)8-14(7-12)18(22,23)24/h2-9H,10H2,1H3. The lowest BCUT2D eigenvalue weighted by Crippen LogP contribution is -2.12. The first-order valence-corrected chi connectivity index (χ1v) is 7.89. The van der Waals surface area contributed by atoms with Gasteiger partial charge in [-0.2, -0.15) is 26.3 Å². The van der Waals surface area contributed by atoms with Crippen LogP contribution in [-0.4, -0.2) is 22.1 Å². The summed E-state index contributed by atoms with van der Waals surface area (Å²) in [5.41, 5.74) is -2.31. The molecule has 148 valence electrons. The van der Waals surface area contributed by atoms with Crippen LogP contribution in [0.1, 0.15) is 16.7 Å². The molecule has 3 rings (SSSR count). The first-order chi connectivity index (χ1) is 13.1. The molecule has 0 amide bonds. The van der Waals surface area contributed by atoms with Crippen molar-refractivity contribution in [1.82, 2.24) is 15.0 Å². The number of ether oxygens (including phenoxy) is 1. The third kappa shape index (κ3) is 4.26. The van der Waals surface area contributed by atoms with Gasteiger partial charge >= 0.3 is 12.4 Å². The summed E-state index contributed by atoms with van der Waals surface area (Å²) in [6.07, 6.45) is -8.73. The zero-order chi connectivity index (χ0) is 20.5. The third-order valence-electron chi connectivity index (χ3n) is 3.99. The van der Waals surface area contributed by atoms with Gasteiger partial charge in [0.05, 0.1) is 36.7 Å². The monoisotopic (exact) mass is 401 g/mol. The zero-order valence-corrected chi connectivity index (χ0v) is 14.3. The average Bonchev–Trinajstić information content (AvgIpc) is 3.08. The summed E-state index contributed by atoms with van der Waals surface area (Å²) in [7, 11) is 1.50. The van der Waals surface area contributed by atoms with Crippen LogP contribution in [0, 0.1) is 0 Å². The van der Waals surface area contributed by atoms with E-state index in [9.17, 15) is 26.3 Å². The zero-order valence-electron chi connectivity index (χ0n) is 14.3. The Labute approximate surface area is 155 Å². The van der Waals surface area contributed by atoms with Crippen LogP contribution < -0.4 is 4.74 Å². The quantitative estimate of drug-likeness (QED) is 0.575. The topological polar surface area (TPSA) is 39.9 Å². The summed E-state index contributed by atoms with van der Waals surface area (Å²) < 4.78 is 84.7. The highest BCUT2D eigenvalue weighted by Gasteiger charge is 2.37. The predicted octanol–water partition coefficient (Wildman–Crippen LogP) is 5.04. The van der Waals surface area contributed by atoms with Crippen molar-refractivity contribution in [2.75, 3.05) is 7.11 Å². The van der Waals surface area contributed by atoms with E-state index in [1.54, 1.807) is 24.3 Å². The smallest absolute Gasteiger partial charge is 0.416 e. The molecule has 0 aliphatic rings. The molecule has 0 bridgehead atoms. The summed E-state index contributed by atoms with van der Waals surface area (Å²) in [4.78, 5) is 0. The summed E-state index contributed by atoms with van der Waals surface area (Å²) in [6, 6.07) is 8.16. The Morgan fingerprint density at radius 1 is 0.893 bits per heavy atom. The Morgan fingerprint density at radius 3 is 1.96 bits per heavy atom. The summed E-state index contributed by atoms with van der Waals surface area (Å²) in [5, 5.41) is 7.42. The van der Waals surface area contributed by atoms with Crippen LogP contribution in [0.25, 0.3) is 11.3 Å². The van der Waals surface area contributed by atoms with E-state index >= 15 is 0 Å². The number of aromatic nitrogens is 3. The fourth-order valence-corrected chi connectivity index (χ4v) is 2.60. The number of hydrogen-bond acceptors (Lipinski definition) is 3. The van der Waals surface area contributed by atoms with Crippen LogP contribution in [0.4, 0.5) is 26.3 Å². The Balaban J connectivity index is 2.03. The largest absolute Gasteiger partial charge is 0.497 e. The van der Waals surface area contributed by atoms with Gasteiger partial charge in [0.15, 0.2) is 0 Å². The molecule has 0 unspecified atom stereocenters. The predicted molar refractivity (Wildman–Crippen MR) is 87.6 cm³/mol. The van der Waals surface area contributed by atoms with E-state index in [0.717, 1.165) is 11.8 Å². The van der Waals surface area contributed by atoms with E-state index in [-0.39, 0.29) is 23.9 Å². The maximum Gasteiger partial charge on any atom is 0.416 e. The first-order valence-electron chi connectivity index (χ1n) is 7.89. The number of hydrogen-bond donors (Lipinski definition) is 0. The number of rotatable bonds is 4. The van der Waals surface area contributed by atoms with Gasteiger partial charge < -0.3 is 4.74 Å². The molecule has 2 aromatic carbocycles.